The van der Waals surface area contributed by atoms with Crippen molar-refractivity contribution in [1.82, 2.24) is 0 Å². The van der Waals surface area contributed by atoms with E-state index >= 15 is 0 Å². The average molecular weight is 235 g/mol. The predicted molar refractivity (Wildman–Crippen MR) is 72.7 cm³/mol. The summed E-state index contributed by atoms with van der Waals surface area (Å²) in [7, 11) is 0. The fourth-order valence-electron chi connectivity index (χ4n) is 6.40. The zero-order valence-corrected chi connectivity index (χ0v) is 11.9. The summed E-state index contributed by atoms with van der Waals surface area (Å²) < 4.78 is 0. The molecule has 0 radical (unpaired) electrons. The molecule has 0 spiro atoms. The lowest BCUT2D eigenvalue weighted by Gasteiger charge is -2.69. The summed E-state index contributed by atoms with van der Waals surface area (Å²) in [6, 6.07) is 0. The van der Waals surface area contributed by atoms with E-state index < -0.39 is 0 Å². The molecule has 3 unspecified atom stereocenters. The highest BCUT2D eigenvalue weighted by molar-refractivity contribution is 5.17. The largest absolute Gasteiger partial charge is 0.325 e. The topological polar surface area (TPSA) is 26.0 Å². The molecule has 3 atom stereocenters. The van der Waals surface area contributed by atoms with Crippen LogP contribution in [0.15, 0.2) is 0 Å². The first-order chi connectivity index (χ1) is 8.00. The van der Waals surface area contributed by atoms with Gasteiger partial charge < -0.3 is 5.73 Å². The van der Waals surface area contributed by atoms with Crippen LogP contribution in [0.25, 0.3) is 0 Å². The molecule has 2 N–H and O–H groups in total. The van der Waals surface area contributed by atoms with Crippen molar-refractivity contribution in [2.75, 3.05) is 0 Å². The standard InChI is InChI=1S/C16H29N/c1-4-13-12-7-14(5-2)9-15(6-3,8-12)11-16(13,17)10-14/h12-13H,4-11,17H2,1-3H3. The smallest absolute Gasteiger partial charge is 0.0196 e. The van der Waals surface area contributed by atoms with E-state index in [1.165, 1.54) is 51.4 Å². The van der Waals surface area contributed by atoms with Crippen LogP contribution in [0.4, 0.5) is 0 Å². The molecule has 4 bridgehead atoms. The summed E-state index contributed by atoms with van der Waals surface area (Å²) in [5.41, 5.74) is 8.34. The first kappa shape index (κ1) is 12.0. The molecule has 0 heterocycles. The lowest BCUT2D eigenvalue weighted by molar-refractivity contribution is -0.160. The predicted octanol–water partition coefficient (Wildman–Crippen LogP) is 4.11. The van der Waals surface area contributed by atoms with Crippen LogP contribution in [-0.2, 0) is 0 Å². The first-order valence-electron chi connectivity index (χ1n) is 7.79. The second-order valence-corrected chi connectivity index (χ2v) is 7.65. The lowest BCUT2D eigenvalue weighted by Crippen LogP contribution is -2.68. The zero-order valence-electron chi connectivity index (χ0n) is 11.9. The van der Waals surface area contributed by atoms with Gasteiger partial charge in [0, 0.05) is 5.54 Å². The average Bonchev–Trinajstić information content (AvgIpc) is 2.27. The Hall–Kier alpha value is -0.0400. The molecule has 0 aliphatic heterocycles. The van der Waals surface area contributed by atoms with Crippen molar-refractivity contribution in [1.29, 1.82) is 0 Å². The van der Waals surface area contributed by atoms with Gasteiger partial charge in [-0.15, -0.1) is 0 Å². The second-order valence-electron chi connectivity index (χ2n) is 7.65. The van der Waals surface area contributed by atoms with Crippen molar-refractivity contribution in [2.45, 2.75) is 77.7 Å². The molecule has 17 heavy (non-hydrogen) atoms. The number of nitrogens with two attached hydrogens (primary N) is 1. The van der Waals surface area contributed by atoms with Gasteiger partial charge in [-0.3, -0.25) is 0 Å². The first-order valence-corrected chi connectivity index (χ1v) is 7.79. The Kier molecular flexibility index (Phi) is 2.47. The van der Waals surface area contributed by atoms with E-state index in [1.807, 2.05) is 0 Å². The van der Waals surface area contributed by atoms with Gasteiger partial charge in [-0.2, -0.15) is 0 Å². The summed E-state index contributed by atoms with van der Waals surface area (Å²) in [6.07, 6.45) is 11.1. The van der Waals surface area contributed by atoms with Crippen molar-refractivity contribution in [3.63, 3.8) is 0 Å². The normalized spacial score (nSPS) is 56.5. The van der Waals surface area contributed by atoms with Gasteiger partial charge in [-0.05, 0) is 54.8 Å². The summed E-state index contributed by atoms with van der Waals surface area (Å²) >= 11 is 0. The summed E-state index contributed by atoms with van der Waals surface area (Å²) in [5.74, 6) is 1.77. The maximum atomic E-state index is 6.90. The van der Waals surface area contributed by atoms with Gasteiger partial charge in [0.15, 0.2) is 0 Å². The molecule has 0 aromatic carbocycles. The molecule has 98 valence electrons. The quantitative estimate of drug-likeness (QED) is 0.782. The van der Waals surface area contributed by atoms with Crippen molar-refractivity contribution in [3.05, 3.63) is 0 Å². The summed E-state index contributed by atoms with van der Waals surface area (Å²) in [5, 5.41) is 0. The van der Waals surface area contributed by atoms with Crippen LogP contribution >= 0.6 is 0 Å². The maximum Gasteiger partial charge on any atom is 0.0196 e. The number of hydrogen-bond donors (Lipinski definition) is 1. The van der Waals surface area contributed by atoms with Crippen molar-refractivity contribution in [2.24, 2.45) is 28.4 Å². The summed E-state index contributed by atoms with van der Waals surface area (Å²) in [6.45, 7) is 7.17. The lowest BCUT2D eigenvalue weighted by atomic mass is 9.38. The fraction of sp³-hybridized carbons (Fsp3) is 1.00. The number of hydrogen-bond acceptors (Lipinski definition) is 1. The highest BCUT2D eigenvalue weighted by Gasteiger charge is 2.64. The molecule has 4 aliphatic rings. The van der Waals surface area contributed by atoms with E-state index in [-0.39, 0.29) is 5.54 Å². The molecule has 4 aliphatic carbocycles. The van der Waals surface area contributed by atoms with Crippen molar-refractivity contribution >= 4 is 0 Å². The molecular weight excluding hydrogens is 206 g/mol. The molecule has 1 nitrogen and oxygen atoms in total. The van der Waals surface area contributed by atoms with Crippen LogP contribution < -0.4 is 5.73 Å². The van der Waals surface area contributed by atoms with Gasteiger partial charge in [-0.25, -0.2) is 0 Å². The third kappa shape index (κ3) is 1.47. The van der Waals surface area contributed by atoms with E-state index in [1.54, 1.807) is 0 Å². The van der Waals surface area contributed by atoms with Crippen molar-refractivity contribution in [3.8, 4) is 0 Å². The van der Waals surface area contributed by atoms with Gasteiger partial charge in [0.2, 0.25) is 0 Å². The Morgan fingerprint density at radius 3 is 1.82 bits per heavy atom. The van der Waals surface area contributed by atoms with E-state index in [2.05, 4.69) is 20.8 Å². The molecule has 0 amide bonds. The second kappa shape index (κ2) is 3.50. The molecule has 0 aromatic rings. The molecule has 4 rings (SSSR count). The van der Waals surface area contributed by atoms with Crippen LogP contribution in [0.3, 0.4) is 0 Å². The highest BCUT2D eigenvalue weighted by Crippen LogP contribution is 2.69. The zero-order chi connectivity index (χ0) is 12.3. The van der Waals surface area contributed by atoms with E-state index in [9.17, 15) is 0 Å². The third-order valence-corrected chi connectivity index (χ3v) is 6.80. The number of rotatable bonds is 3. The Labute approximate surface area is 107 Å². The van der Waals surface area contributed by atoms with Crippen LogP contribution in [0.2, 0.25) is 0 Å². The maximum absolute atomic E-state index is 6.90. The van der Waals surface area contributed by atoms with Crippen LogP contribution in [0.5, 0.6) is 0 Å². The molecule has 4 fully saturated rings. The van der Waals surface area contributed by atoms with Gasteiger partial charge in [0.1, 0.15) is 0 Å². The van der Waals surface area contributed by atoms with E-state index in [0.29, 0.717) is 10.8 Å². The minimum atomic E-state index is 0.195. The Morgan fingerprint density at radius 1 is 0.941 bits per heavy atom. The van der Waals surface area contributed by atoms with Gasteiger partial charge >= 0.3 is 0 Å². The highest BCUT2D eigenvalue weighted by atomic mass is 14.9. The fourth-order valence-corrected chi connectivity index (χ4v) is 6.40. The van der Waals surface area contributed by atoms with Gasteiger partial charge in [0.05, 0.1) is 0 Å². The van der Waals surface area contributed by atoms with Gasteiger partial charge in [-0.1, -0.05) is 40.0 Å². The van der Waals surface area contributed by atoms with Crippen LogP contribution in [0.1, 0.15) is 72.1 Å². The van der Waals surface area contributed by atoms with Gasteiger partial charge in [0.25, 0.3) is 0 Å². The molecule has 4 saturated carbocycles. The Bertz CT molecular complexity index is 301. The molecule has 1 heteroatoms. The molecular formula is C16H29N. The Balaban J connectivity index is 2.01. The van der Waals surface area contributed by atoms with E-state index in [4.69, 9.17) is 5.73 Å². The van der Waals surface area contributed by atoms with Crippen LogP contribution in [-0.4, -0.2) is 5.54 Å². The third-order valence-electron chi connectivity index (χ3n) is 6.80. The van der Waals surface area contributed by atoms with E-state index in [0.717, 1.165) is 11.8 Å². The SMILES string of the molecule is CCC1C2CC3(CC)CC(CC)(C2)CC1(N)C3. The minimum Gasteiger partial charge on any atom is -0.325 e. The Morgan fingerprint density at radius 2 is 1.47 bits per heavy atom. The molecule has 0 saturated heterocycles. The van der Waals surface area contributed by atoms with Crippen LogP contribution in [0, 0.1) is 22.7 Å². The molecule has 0 aromatic heterocycles. The van der Waals surface area contributed by atoms with Crippen molar-refractivity contribution < 1.29 is 0 Å². The summed E-state index contributed by atoms with van der Waals surface area (Å²) in [4.78, 5) is 0. The monoisotopic (exact) mass is 235 g/mol. The minimum absolute atomic E-state index is 0.195.